The minimum Gasteiger partial charge on any atom is -0.493 e. The van der Waals surface area contributed by atoms with Crippen molar-refractivity contribution < 1.29 is 24.1 Å². The molecular formula is C22H26O5. The summed E-state index contributed by atoms with van der Waals surface area (Å²) in [5.41, 5.74) is 2.08. The van der Waals surface area contributed by atoms with E-state index in [1.807, 2.05) is 12.1 Å². The summed E-state index contributed by atoms with van der Waals surface area (Å²) in [7, 11) is 1.56. The van der Waals surface area contributed by atoms with Gasteiger partial charge in [0.25, 0.3) is 0 Å². The summed E-state index contributed by atoms with van der Waals surface area (Å²) < 4.78 is 16.7. The predicted octanol–water partition coefficient (Wildman–Crippen LogP) is 4.55. The van der Waals surface area contributed by atoms with Crippen LogP contribution in [0.1, 0.15) is 31.9 Å². The van der Waals surface area contributed by atoms with E-state index in [-0.39, 0.29) is 5.41 Å². The van der Waals surface area contributed by atoms with E-state index < -0.39 is 5.97 Å². The molecule has 0 aromatic heterocycles. The molecule has 2 rings (SSSR count). The average Bonchev–Trinajstić information content (AvgIpc) is 2.63. The molecular weight excluding hydrogens is 344 g/mol. The first kappa shape index (κ1) is 20.4. The number of ether oxygens (including phenoxy) is 3. The fraction of sp³-hybridized carbons (Fsp3) is 0.318. The normalized spacial score (nSPS) is 11.4. The molecule has 0 fully saturated rings. The molecule has 0 amide bonds. The van der Waals surface area contributed by atoms with Gasteiger partial charge >= 0.3 is 5.97 Å². The topological polar surface area (TPSA) is 65.0 Å². The second-order valence-electron chi connectivity index (χ2n) is 7.05. The number of benzene rings is 2. The Hall–Kier alpha value is -2.95. The van der Waals surface area contributed by atoms with Gasteiger partial charge in [0, 0.05) is 6.08 Å². The van der Waals surface area contributed by atoms with Crippen molar-refractivity contribution in [1.82, 2.24) is 0 Å². The first-order valence-corrected chi connectivity index (χ1v) is 8.75. The van der Waals surface area contributed by atoms with Gasteiger partial charge in [0.1, 0.15) is 19.0 Å². The summed E-state index contributed by atoms with van der Waals surface area (Å²) in [4.78, 5) is 10.6. The Kier molecular flexibility index (Phi) is 6.88. The van der Waals surface area contributed by atoms with Gasteiger partial charge in [-0.2, -0.15) is 0 Å². The average molecular weight is 370 g/mol. The summed E-state index contributed by atoms with van der Waals surface area (Å²) in [6, 6.07) is 13.3. The molecule has 0 aliphatic carbocycles. The first-order valence-electron chi connectivity index (χ1n) is 8.75. The molecule has 144 valence electrons. The highest BCUT2D eigenvalue weighted by Crippen LogP contribution is 2.29. The van der Waals surface area contributed by atoms with Crippen LogP contribution in [0, 0.1) is 0 Å². The summed E-state index contributed by atoms with van der Waals surface area (Å²) in [6.07, 6.45) is 2.58. The van der Waals surface area contributed by atoms with E-state index in [0.29, 0.717) is 30.3 Å². The van der Waals surface area contributed by atoms with Gasteiger partial charge in [-0.05, 0) is 46.9 Å². The highest BCUT2D eigenvalue weighted by atomic mass is 16.5. The quantitative estimate of drug-likeness (QED) is 0.545. The lowest BCUT2D eigenvalue weighted by Crippen LogP contribution is -2.12. The summed E-state index contributed by atoms with van der Waals surface area (Å²) in [6.45, 7) is 7.23. The van der Waals surface area contributed by atoms with Crippen LogP contribution in [0.2, 0.25) is 0 Å². The largest absolute Gasteiger partial charge is 0.493 e. The van der Waals surface area contributed by atoms with Crippen LogP contribution in [0.25, 0.3) is 6.08 Å². The van der Waals surface area contributed by atoms with Crippen LogP contribution in [0.15, 0.2) is 48.5 Å². The summed E-state index contributed by atoms with van der Waals surface area (Å²) >= 11 is 0. The molecule has 0 bridgehead atoms. The van der Waals surface area contributed by atoms with E-state index in [9.17, 15) is 4.79 Å². The molecule has 0 unspecified atom stereocenters. The van der Waals surface area contributed by atoms with E-state index in [2.05, 4.69) is 32.9 Å². The number of carbonyl (C=O) groups is 1. The lowest BCUT2D eigenvalue weighted by Gasteiger charge is -2.19. The smallest absolute Gasteiger partial charge is 0.328 e. The Morgan fingerprint density at radius 2 is 1.67 bits per heavy atom. The van der Waals surface area contributed by atoms with Crippen molar-refractivity contribution in [1.29, 1.82) is 0 Å². The molecule has 2 aromatic carbocycles. The molecule has 0 radical (unpaired) electrons. The first-order chi connectivity index (χ1) is 12.8. The molecule has 2 aromatic rings. The van der Waals surface area contributed by atoms with E-state index in [0.717, 1.165) is 11.8 Å². The Balaban J connectivity index is 1.92. The number of aliphatic carboxylic acids is 1. The molecule has 5 heteroatoms. The van der Waals surface area contributed by atoms with Crippen molar-refractivity contribution >= 4 is 12.0 Å². The fourth-order valence-corrected chi connectivity index (χ4v) is 2.44. The van der Waals surface area contributed by atoms with E-state index in [1.54, 1.807) is 25.3 Å². The Labute approximate surface area is 160 Å². The van der Waals surface area contributed by atoms with Crippen LogP contribution in [0.4, 0.5) is 0 Å². The number of methoxy groups -OCH3 is 1. The second kappa shape index (κ2) is 9.12. The SMILES string of the molecule is COc1ccc(C=CC(=O)O)cc1OCCOc1ccc(C(C)(C)C)cc1. The second-order valence-corrected chi connectivity index (χ2v) is 7.05. The van der Waals surface area contributed by atoms with Crippen molar-refractivity contribution in [3.8, 4) is 17.2 Å². The van der Waals surface area contributed by atoms with Crippen molar-refractivity contribution in [3.63, 3.8) is 0 Å². The van der Waals surface area contributed by atoms with E-state index in [1.165, 1.54) is 11.6 Å². The van der Waals surface area contributed by atoms with Gasteiger partial charge in [-0.1, -0.05) is 39.0 Å². The van der Waals surface area contributed by atoms with Gasteiger partial charge in [-0.25, -0.2) is 4.79 Å². The maximum Gasteiger partial charge on any atom is 0.328 e. The Bertz CT molecular complexity index is 785. The standard InChI is InChI=1S/C22H26O5/c1-22(2,3)17-7-9-18(10-8-17)26-13-14-27-20-15-16(6-12-21(23)24)5-11-19(20)25-4/h5-12,15H,13-14H2,1-4H3,(H,23,24). The van der Waals surface area contributed by atoms with Crippen molar-refractivity contribution in [2.45, 2.75) is 26.2 Å². The highest BCUT2D eigenvalue weighted by molar-refractivity contribution is 5.85. The van der Waals surface area contributed by atoms with Crippen LogP contribution in [-0.4, -0.2) is 31.4 Å². The van der Waals surface area contributed by atoms with Gasteiger partial charge in [0.15, 0.2) is 11.5 Å². The third-order valence-electron chi connectivity index (χ3n) is 3.94. The van der Waals surface area contributed by atoms with Gasteiger partial charge in [-0.3, -0.25) is 0 Å². The highest BCUT2D eigenvalue weighted by Gasteiger charge is 2.13. The molecule has 0 saturated carbocycles. The van der Waals surface area contributed by atoms with Gasteiger partial charge < -0.3 is 19.3 Å². The lowest BCUT2D eigenvalue weighted by atomic mass is 9.87. The number of carboxylic acid groups (broad SMARTS) is 1. The van der Waals surface area contributed by atoms with Crippen molar-refractivity contribution in [3.05, 3.63) is 59.7 Å². The Morgan fingerprint density at radius 3 is 2.26 bits per heavy atom. The number of carboxylic acids is 1. The Morgan fingerprint density at radius 1 is 1.00 bits per heavy atom. The predicted molar refractivity (Wildman–Crippen MR) is 106 cm³/mol. The van der Waals surface area contributed by atoms with Crippen LogP contribution >= 0.6 is 0 Å². The van der Waals surface area contributed by atoms with Gasteiger partial charge in [0.05, 0.1) is 7.11 Å². The lowest BCUT2D eigenvalue weighted by molar-refractivity contribution is -0.131. The zero-order chi connectivity index (χ0) is 19.9. The molecule has 0 spiro atoms. The van der Waals surface area contributed by atoms with Crippen molar-refractivity contribution in [2.24, 2.45) is 0 Å². The molecule has 0 aliphatic rings. The minimum absolute atomic E-state index is 0.109. The minimum atomic E-state index is -1.00. The van der Waals surface area contributed by atoms with Gasteiger partial charge in [-0.15, -0.1) is 0 Å². The van der Waals surface area contributed by atoms with Crippen LogP contribution in [-0.2, 0) is 10.2 Å². The molecule has 1 N–H and O–H groups in total. The third kappa shape index (κ3) is 6.37. The monoisotopic (exact) mass is 370 g/mol. The number of rotatable bonds is 8. The maximum atomic E-state index is 10.6. The zero-order valence-electron chi connectivity index (χ0n) is 16.2. The fourth-order valence-electron chi connectivity index (χ4n) is 2.44. The van der Waals surface area contributed by atoms with Crippen LogP contribution in [0.3, 0.4) is 0 Å². The van der Waals surface area contributed by atoms with E-state index >= 15 is 0 Å². The molecule has 0 aliphatic heterocycles. The molecule has 0 atom stereocenters. The maximum absolute atomic E-state index is 10.6. The zero-order valence-corrected chi connectivity index (χ0v) is 16.2. The number of hydrogen-bond acceptors (Lipinski definition) is 4. The van der Waals surface area contributed by atoms with Gasteiger partial charge in [0.2, 0.25) is 0 Å². The molecule has 27 heavy (non-hydrogen) atoms. The van der Waals surface area contributed by atoms with Crippen LogP contribution < -0.4 is 14.2 Å². The van der Waals surface area contributed by atoms with E-state index in [4.69, 9.17) is 19.3 Å². The summed E-state index contributed by atoms with van der Waals surface area (Å²) in [5.74, 6) is 0.907. The van der Waals surface area contributed by atoms with Crippen LogP contribution in [0.5, 0.6) is 17.2 Å². The molecule has 0 heterocycles. The summed E-state index contributed by atoms with van der Waals surface area (Å²) in [5, 5.41) is 8.73. The third-order valence-corrected chi connectivity index (χ3v) is 3.94. The van der Waals surface area contributed by atoms with Crippen molar-refractivity contribution in [2.75, 3.05) is 20.3 Å². The number of hydrogen-bond donors (Lipinski definition) is 1. The molecule has 0 saturated heterocycles. The molecule has 5 nitrogen and oxygen atoms in total.